The molecule has 0 radical (unpaired) electrons. The van der Waals surface area contributed by atoms with Gasteiger partial charge in [0.1, 0.15) is 17.4 Å². The summed E-state index contributed by atoms with van der Waals surface area (Å²) in [4.78, 5) is 0. The van der Waals surface area contributed by atoms with Crippen LogP contribution in [0.2, 0.25) is 0 Å². The third kappa shape index (κ3) is 3.50. The molecule has 90 valence electrons. The van der Waals surface area contributed by atoms with E-state index in [1.807, 2.05) is 12.1 Å². The van der Waals surface area contributed by atoms with E-state index in [1.165, 1.54) is 12.1 Å². The van der Waals surface area contributed by atoms with Crippen LogP contribution in [0.3, 0.4) is 0 Å². The van der Waals surface area contributed by atoms with Gasteiger partial charge in [-0.15, -0.1) is 0 Å². The minimum atomic E-state index is -0.563. The summed E-state index contributed by atoms with van der Waals surface area (Å²) < 4.78 is 32.1. The minimum absolute atomic E-state index is 0.337. The van der Waals surface area contributed by atoms with Crippen molar-refractivity contribution < 1.29 is 13.2 Å². The van der Waals surface area contributed by atoms with Crippen molar-refractivity contribution in [2.45, 2.75) is 13.1 Å². The molecule has 1 heterocycles. The van der Waals surface area contributed by atoms with Crippen LogP contribution in [0.1, 0.15) is 11.3 Å². The number of halogens is 3. The van der Waals surface area contributed by atoms with E-state index in [4.69, 9.17) is 4.42 Å². The standard InChI is InChI=1S/C12H10F2INO/c13-9-2-1-8(11(14)5-9)6-16-7-10-3-4-12(15)17-10/h1-5,16H,6-7H2. The van der Waals surface area contributed by atoms with E-state index in [0.717, 1.165) is 15.6 Å². The van der Waals surface area contributed by atoms with Crippen molar-refractivity contribution in [3.05, 3.63) is 57.1 Å². The summed E-state index contributed by atoms with van der Waals surface area (Å²) in [7, 11) is 0. The first-order valence-electron chi connectivity index (χ1n) is 5.04. The average Bonchev–Trinajstić information content (AvgIpc) is 2.68. The first-order valence-corrected chi connectivity index (χ1v) is 6.12. The van der Waals surface area contributed by atoms with Crippen LogP contribution in [-0.4, -0.2) is 0 Å². The second-order valence-corrected chi connectivity index (χ2v) is 4.61. The highest BCUT2D eigenvalue weighted by atomic mass is 127. The monoisotopic (exact) mass is 349 g/mol. The quantitative estimate of drug-likeness (QED) is 0.856. The molecular formula is C12H10F2INO. The lowest BCUT2D eigenvalue weighted by atomic mass is 10.2. The summed E-state index contributed by atoms with van der Waals surface area (Å²) in [6, 6.07) is 7.28. The lowest BCUT2D eigenvalue weighted by Gasteiger charge is -2.04. The van der Waals surface area contributed by atoms with E-state index in [2.05, 4.69) is 27.9 Å². The number of rotatable bonds is 4. The van der Waals surface area contributed by atoms with Crippen molar-refractivity contribution in [1.29, 1.82) is 0 Å². The van der Waals surface area contributed by atoms with Crippen LogP contribution in [0, 0.1) is 15.4 Å². The fourth-order valence-corrected chi connectivity index (χ4v) is 1.89. The molecule has 1 N–H and O–H groups in total. The maximum Gasteiger partial charge on any atom is 0.164 e. The molecule has 5 heteroatoms. The SMILES string of the molecule is Fc1ccc(CNCc2ccc(I)o2)c(F)c1. The number of furan rings is 1. The molecule has 1 aromatic heterocycles. The van der Waals surface area contributed by atoms with Gasteiger partial charge in [0.25, 0.3) is 0 Å². The van der Waals surface area contributed by atoms with Crippen molar-refractivity contribution in [3.8, 4) is 0 Å². The zero-order chi connectivity index (χ0) is 12.3. The highest BCUT2D eigenvalue weighted by molar-refractivity contribution is 14.1. The molecule has 0 unspecified atom stereocenters. The van der Waals surface area contributed by atoms with Crippen LogP contribution in [0.25, 0.3) is 0 Å². The van der Waals surface area contributed by atoms with Crippen molar-refractivity contribution >= 4 is 22.6 Å². The fourth-order valence-electron chi connectivity index (χ4n) is 1.43. The topological polar surface area (TPSA) is 25.2 Å². The van der Waals surface area contributed by atoms with Gasteiger partial charge >= 0.3 is 0 Å². The van der Waals surface area contributed by atoms with Crippen molar-refractivity contribution in [3.63, 3.8) is 0 Å². The maximum atomic E-state index is 13.3. The Hall–Kier alpha value is -0.950. The summed E-state index contributed by atoms with van der Waals surface area (Å²) in [6.07, 6.45) is 0. The van der Waals surface area contributed by atoms with Crippen LogP contribution in [-0.2, 0) is 13.1 Å². The third-order valence-electron chi connectivity index (χ3n) is 2.26. The van der Waals surface area contributed by atoms with Gasteiger partial charge < -0.3 is 9.73 Å². The molecule has 0 fully saturated rings. The Morgan fingerprint density at radius 3 is 2.59 bits per heavy atom. The molecular weight excluding hydrogens is 339 g/mol. The molecule has 1 aromatic carbocycles. The molecule has 0 aliphatic carbocycles. The smallest absolute Gasteiger partial charge is 0.164 e. The Morgan fingerprint density at radius 1 is 1.12 bits per heavy atom. The second-order valence-electron chi connectivity index (χ2n) is 3.55. The van der Waals surface area contributed by atoms with Crippen LogP contribution < -0.4 is 5.32 Å². The highest BCUT2D eigenvalue weighted by Crippen LogP contribution is 2.11. The summed E-state index contributed by atoms with van der Waals surface area (Å²) in [5.41, 5.74) is 0.438. The molecule has 0 aliphatic rings. The lowest BCUT2D eigenvalue weighted by Crippen LogP contribution is -2.13. The van der Waals surface area contributed by atoms with Gasteiger partial charge in [-0.25, -0.2) is 8.78 Å². The summed E-state index contributed by atoms with van der Waals surface area (Å²) >= 11 is 2.08. The fraction of sp³-hybridized carbons (Fsp3) is 0.167. The molecule has 17 heavy (non-hydrogen) atoms. The predicted octanol–water partition coefficient (Wildman–Crippen LogP) is 3.45. The molecule has 0 aliphatic heterocycles. The molecule has 2 rings (SSSR count). The second kappa shape index (κ2) is 5.59. The van der Waals surface area contributed by atoms with E-state index in [9.17, 15) is 8.78 Å². The van der Waals surface area contributed by atoms with Crippen molar-refractivity contribution in [2.75, 3.05) is 0 Å². The molecule has 0 bridgehead atoms. The summed E-state index contributed by atoms with van der Waals surface area (Å²) in [5, 5.41) is 3.03. The first-order chi connectivity index (χ1) is 8.15. The molecule has 0 amide bonds. The average molecular weight is 349 g/mol. The van der Waals surface area contributed by atoms with E-state index in [-0.39, 0.29) is 0 Å². The number of nitrogens with one attached hydrogen (secondary N) is 1. The van der Waals surface area contributed by atoms with Crippen molar-refractivity contribution in [1.82, 2.24) is 5.32 Å². The first kappa shape index (κ1) is 12.5. The number of hydrogen-bond acceptors (Lipinski definition) is 2. The summed E-state index contributed by atoms with van der Waals surface area (Å²) in [6.45, 7) is 0.850. The zero-order valence-electron chi connectivity index (χ0n) is 8.84. The Morgan fingerprint density at radius 2 is 1.94 bits per heavy atom. The Bertz CT molecular complexity index is 513. The molecule has 0 saturated carbocycles. The Labute approximate surface area is 111 Å². The highest BCUT2D eigenvalue weighted by Gasteiger charge is 2.04. The van der Waals surface area contributed by atoms with Crippen LogP contribution >= 0.6 is 22.6 Å². The van der Waals surface area contributed by atoms with Gasteiger partial charge in [-0.05, 0) is 40.8 Å². The Kier molecular flexibility index (Phi) is 4.11. The van der Waals surface area contributed by atoms with Gasteiger partial charge in [0.05, 0.1) is 6.54 Å². The summed E-state index contributed by atoms with van der Waals surface area (Å²) in [5.74, 6) is -0.310. The third-order valence-corrected chi connectivity index (χ3v) is 2.84. The molecule has 0 atom stereocenters. The molecule has 0 spiro atoms. The van der Waals surface area contributed by atoms with Gasteiger partial charge in [0.2, 0.25) is 0 Å². The van der Waals surface area contributed by atoms with E-state index in [1.54, 1.807) is 0 Å². The molecule has 2 nitrogen and oxygen atoms in total. The number of benzene rings is 1. The normalized spacial score (nSPS) is 10.8. The largest absolute Gasteiger partial charge is 0.454 e. The van der Waals surface area contributed by atoms with Gasteiger partial charge in [0.15, 0.2) is 3.77 Å². The van der Waals surface area contributed by atoms with Crippen molar-refractivity contribution in [2.24, 2.45) is 0 Å². The van der Waals surface area contributed by atoms with Crippen LogP contribution in [0.4, 0.5) is 8.78 Å². The lowest BCUT2D eigenvalue weighted by molar-refractivity contribution is 0.460. The van der Waals surface area contributed by atoms with Gasteiger partial charge in [-0.3, -0.25) is 0 Å². The number of hydrogen-bond donors (Lipinski definition) is 1. The van der Waals surface area contributed by atoms with Gasteiger partial charge in [-0.2, -0.15) is 0 Å². The van der Waals surface area contributed by atoms with E-state index < -0.39 is 11.6 Å². The zero-order valence-corrected chi connectivity index (χ0v) is 11.0. The predicted molar refractivity (Wildman–Crippen MR) is 68.3 cm³/mol. The van der Waals surface area contributed by atoms with Crippen LogP contribution in [0.15, 0.2) is 34.7 Å². The van der Waals surface area contributed by atoms with Gasteiger partial charge in [-0.1, -0.05) is 6.07 Å². The molecule has 2 aromatic rings. The minimum Gasteiger partial charge on any atom is -0.454 e. The maximum absolute atomic E-state index is 13.3. The van der Waals surface area contributed by atoms with Crippen LogP contribution in [0.5, 0.6) is 0 Å². The van der Waals surface area contributed by atoms with E-state index in [0.29, 0.717) is 18.7 Å². The van der Waals surface area contributed by atoms with E-state index >= 15 is 0 Å². The Balaban J connectivity index is 1.90. The molecule has 0 saturated heterocycles. The van der Waals surface area contributed by atoms with Gasteiger partial charge in [0, 0.05) is 18.2 Å².